The van der Waals surface area contributed by atoms with Crippen LogP contribution in [0.4, 0.5) is 10.8 Å². The summed E-state index contributed by atoms with van der Waals surface area (Å²) < 4.78 is 0. The number of thiazole rings is 1. The van der Waals surface area contributed by atoms with Crippen molar-refractivity contribution in [2.24, 2.45) is 5.10 Å². The molecule has 0 aliphatic rings. The molecule has 0 aliphatic heterocycles. The molecule has 166 valence electrons. The van der Waals surface area contributed by atoms with Crippen molar-refractivity contribution in [3.63, 3.8) is 0 Å². The number of nitro benzene ring substituents is 1. The lowest BCUT2D eigenvalue weighted by Crippen LogP contribution is -1.99. The zero-order chi connectivity index (χ0) is 23.5. The Labute approximate surface area is 196 Å². The predicted octanol–water partition coefficient (Wildman–Crippen LogP) is 7.15. The molecular formula is C26H24N4O2S. The van der Waals surface area contributed by atoms with Crippen molar-refractivity contribution in [1.29, 1.82) is 0 Å². The van der Waals surface area contributed by atoms with E-state index >= 15 is 0 Å². The second kappa shape index (κ2) is 9.34. The van der Waals surface area contributed by atoms with Gasteiger partial charge in [0.05, 0.1) is 21.2 Å². The first-order chi connectivity index (χ1) is 15.8. The number of hydrazone groups is 1. The number of benzene rings is 3. The largest absolute Gasteiger partial charge is 0.269 e. The predicted molar refractivity (Wildman–Crippen MR) is 136 cm³/mol. The van der Waals surface area contributed by atoms with Gasteiger partial charge in [0.15, 0.2) is 0 Å². The summed E-state index contributed by atoms with van der Waals surface area (Å²) in [6.07, 6.45) is 0. The number of hydrogen-bond donors (Lipinski definition) is 1. The summed E-state index contributed by atoms with van der Waals surface area (Å²) in [6.45, 7) is 8.13. The number of nitrogens with zero attached hydrogens (tertiary/aromatic N) is 3. The smallest absolute Gasteiger partial charge is 0.258 e. The Bertz CT molecular complexity index is 1340. The average Bonchev–Trinajstić information content (AvgIpc) is 3.22. The van der Waals surface area contributed by atoms with Crippen molar-refractivity contribution in [2.75, 3.05) is 5.43 Å². The van der Waals surface area contributed by atoms with Gasteiger partial charge in [-0.25, -0.2) is 4.98 Å². The third-order valence-electron chi connectivity index (χ3n) is 5.39. The van der Waals surface area contributed by atoms with Gasteiger partial charge < -0.3 is 0 Å². The number of nitrogens with one attached hydrogen (secondary N) is 1. The van der Waals surface area contributed by atoms with Crippen LogP contribution in [0.1, 0.15) is 29.2 Å². The number of aryl methyl sites for hydroxylation is 3. The maximum atomic E-state index is 11.1. The fourth-order valence-corrected chi connectivity index (χ4v) is 4.48. The Kier molecular flexibility index (Phi) is 6.33. The van der Waals surface area contributed by atoms with Crippen LogP contribution in [0.3, 0.4) is 0 Å². The van der Waals surface area contributed by atoms with Crippen molar-refractivity contribution < 1.29 is 4.92 Å². The van der Waals surface area contributed by atoms with E-state index in [9.17, 15) is 10.1 Å². The SMILES string of the molecule is C/C(=N/Nc1nc(-c2ccc(C)cc2C)c(-c2ccc([N+](=O)[O-])cc2)s1)c1ccc(C)cc1. The molecule has 0 atom stereocenters. The quantitative estimate of drug-likeness (QED) is 0.190. The Morgan fingerprint density at radius 1 is 0.970 bits per heavy atom. The summed E-state index contributed by atoms with van der Waals surface area (Å²) >= 11 is 1.48. The maximum absolute atomic E-state index is 11.1. The van der Waals surface area contributed by atoms with Gasteiger partial charge in [0, 0.05) is 17.7 Å². The summed E-state index contributed by atoms with van der Waals surface area (Å²) in [4.78, 5) is 16.5. The molecule has 0 radical (unpaired) electrons. The van der Waals surface area contributed by atoms with E-state index in [4.69, 9.17) is 4.98 Å². The normalized spacial score (nSPS) is 11.5. The van der Waals surface area contributed by atoms with Gasteiger partial charge in [-0.3, -0.25) is 15.5 Å². The minimum absolute atomic E-state index is 0.0630. The highest BCUT2D eigenvalue weighted by molar-refractivity contribution is 7.19. The van der Waals surface area contributed by atoms with Gasteiger partial charge in [-0.1, -0.05) is 64.9 Å². The van der Waals surface area contributed by atoms with E-state index in [2.05, 4.69) is 61.6 Å². The number of aromatic nitrogens is 1. The molecule has 1 aromatic heterocycles. The van der Waals surface area contributed by atoms with Crippen molar-refractivity contribution in [2.45, 2.75) is 27.7 Å². The number of hydrogen-bond acceptors (Lipinski definition) is 6. The topological polar surface area (TPSA) is 80.4 Å². The minimum Gasteiger partial charge on any atom is -0.258 e. The molecule has 6 nitrogen and oxygen atoms in total. The molecule has 0 spiro atoms. The van der Waals surface area contributed by atoms with Gasteiger partial charge in [0.1, 0.15) is 0 Å². The molecule has 0 unspecified atom stereocenters. The van der Waals surface area contributed by atoms with Crippen LogP contribution in [0.5, 0.6) is 0 Å². The standard InChI is InChI=1S/C26H24N4O2S/c1-16-5-8-20(9-6-16)19(4)28-29-26-27-24(23-14-7-17(2)15-18(23)3)25(33-26)21-10-12-22(13-11-21)30(31)32/h5-15H,1-4H3,(H,27,29)/b28-19-. The molecule has 0 saturated carbocycles. The molecule has 1 N–H and O–H groups in total. The summed E-state index contributed by atoms with van der Waals surface area (Å²) in [6, 6.07) is 21.0. The Balaban J connectivity index is 1.74. The molecule has 0 amide bonds. The van der Waals surface area contributed by atoms with E-state index in [1.165, 1.54) is 34.6 Å². The maximum Gasteiger partial charge on any atom is 0.269 e. The van der Waals surface area contributed by atoms with Crippen LogP contribution in [0.25, 0.3) is 21.7 Å². The number of rotatable bonds is 6. The third kappa shape index (κ3) is 4.99. The van der Waals surface area contributed by atoms with Crippen LogP contribution in [-0.4, -0.2) is 15.6 Å². The van der Waals surface area contributed by atoms with E-state index in [1.54, 1.807) is 12.1 Å². The van der Waals surface area contributed by atoms with Crippen molar-refractivity contribution >= 4 is 27.9 Å². The van der Waals surface area contributed by atoms with E-state index < -0.39 is 4.92 Å². The van der Waals surface area contributed by atoms with Crippen LogP contribution in [0.2, 0.25) is 0 Å². The third-order valence-corrected chi connectivity index (χ3v) is 6.40. The first kappa shape index (κ1) is 22.4. The Morgan fingerprint density at radius 3 is 2.27 bits per heavy atom. The molecule has 0 bridgehead atoms. The summed E-state index contributed by atoms with van der Waals surface area (Å²) in [7, 11) is 0. The molecule has 0 saturated heterocycles. The van der Waals surface area contributed by atoms with Crippen LogP contribution in [0.15, 0.2) is 71.8 Å². The zero-order valence-corrected chi connectivity index (χ0v) is 19.7. The highest BCUT2D eigenvalue weighted by Crippen LogP contribution is 2.40. The van der Waals surface area contributed by atoms with Gasteiger partial charge in [-0.2, -0.15) is 5.10 Å². The van der Waals surface area contributed by atoms with Crippen LogP contribution in [-0.2, 0) is 0 Å². The second-order valence-corrected chi connectivity index (χ2v) is 8.99. The van der Waals surface area contributed by atoms with Crippen LogP contribution in [0, 0.1) is 30.9 Å². The van der Waals surface area contributed by atoms with E-state index in [1.807, 2.05) is 19.1 Å². The van der Waals surface area contributed by atoms with Gasteiger partial charge in [0.25, 0.3) is 5.69 Å². The number of nitro groups is 1. The molecule has 3 aromatic carbocycles. The lowest BCUT2D eigenvalue weighted by Gasteiger charge is -2.07. The van der Waals surface area contributed by atoms with Gasteiger partial charge in [-0.15, -0.1) is 0 Å². The van der Waals surface area contributed by atoms with Crippen molar-refractivity contribution in [3.8, 4) is 21.7 Å². The number of anilines is 1. The highest BCUT2D eigenvalue weighted by atomic mass is 32.1. The summed E-state index contributed by atoms with van der Waals surface area (Å²) in [5.41, 5.74) is 11.3. The van der Waals surface area contributed by atoms with E-state index in [-0.39, 0.29) is 5.69 Å². The lowest BCUT2D eigenvalue weighted by molar-refractivity contribution is -0.384. The molecular weight excluding hydrogens is 432 g/mol. The van der Waals surface area contributed by atoms with Gasteiger partial charge in [-0.05, 0) is 56.5 Å². The fourth-order valence-electron chi connectivity index (χ4n) is 3.55. The first-order valence-electron chi connectivity index (χ1n) is 10.5. The zero-order valence-electron chi connectivity index (χ0n) is 18.9. The highest BCUT2D eigenvalue weighted by Gasteiger charge is 2.18. The average molecular weight is 457 g/mol. The molecule has 0 fully saturated rings. The summed E-state index contributed by atoms with van der Waals surface area (Å²) in [5, 5.41) is 16.3. The molecule has 4 rings (SSSR count). The first-order valence-corrected chi connectivity index (χ1v) is 11.3. The fraction of sp³-hybridized carbons (Fsp3) is 0.154. The van der Waals surface area contributed by atoms with Gasteiger partial charge in [0.2, 0.25) is 5.13 Å². The minimum atomic E-state index is -0.392. The monoisotopic (exact) mass is 456 g/mol. The Morgan fingerprint density at radius 2 is 1.64 bits per heavy atom. The molecule has 1 heterocycles. The molecule has 4 aromatic rings. The van der Waals surface area contributed by atoms with Crippen molar-refractivity contribution in [1.82, 2.24) is 4.98 Å². The Hall–Kier alpha value is -3.84. The second-order valence-electron chi connectivity index (χ2n) is 7.99. The van der Waals surface area contributed by atoms with Gasteiger partial charge >= 0.3 is 0 Å². The number of non-ortho nitro benzene ring substituents is 1. The molecule has 7 heteroatoms. The summed E-state index contributed by atoms with van der Waals surface area (Å²) in [5.74, 6) is 0. The molecule has 0 aliphatic carbocycles. The van der Waals surface area contributed by atoms with Crippen LogP contribution >= 0.6 is 11.3 Å². The lowest BCUT2D eigenvalue weighted by atomic mass is 10.0. The van der Waals surface area contributed by atoms with Crippen molar-refractivity contribution in [3.05, 3.63) is 99.1 Å². The van der Waals surface area contributed by atoms with E-state index in [0.29, 0.717) is 5.13 Å². The van der Waals surface area contributed by atoms with Crippen LogP contribution < -0.4 is 5.43 Å². The van der Waals surface area contributed by atoms with E-state index in [0.717, 1.165) is 38.5 Å². The molecule has 33 heavy (non-hydrogen) atoms.